The van der Waals surface area contributed by atoms with E-state index in [9.17, 15) is 39.6 Å². The molecule has 0 aliphatic rings. The molecule has 0 unspecified atom stereocenters. The molecule has 0 saturated heterocycles. The third kappa shape index (κ3) is 12.8. The lowest BCUT2D eigenvalue weighted by atomic mass is 9.99. The molecule has 8 rings (SSSR count). The number of aromatic carboxylic acids is 1. The number of fused-ring (bicyclic) bond motifs is 2. The Balaban J connectivity index is 0.000000208. The van der Waals surface area contributed by atoms with Crippen molar-refractivity contribution < 1.29 is 49.1 Å². The van der Waals surface area contributed by atoms with E-state index in [-0.39, 0.29) is 35.6 Å². The number of rotatable bonds is 13. The van der Waals surface area contributed by atoms with Gasteiger partial charge in [-0.15, -0.1) is 0 Å². The molecular weight excluding hydrogens is 968 g/mol. The zero-order valence-electron chi connectivity index (χ0n) is 35.6. The summed E-state index contributed by atoms with van der Waals surface area (Å²) in [6.45, 7) is 3.35. The van der Waals surface area contributed by atoms with E-state index in [0.29, 0.717) is 34.5 Å². The number of hydrogen-bond donors (Lipinski definition) is 3. The van der Waals surface area contributed by atoms with Crippen molar-refractivity contribution in [2.75, 3.05) is 11.5 Å². The molecule has 0 saturated carbocycles. The maximum atomic E-state index is 15.2. The van der Waals surface area contributed by atoms with Crippen LogP contribution < -0.4 is 0 Å². The lowest BCUT2D eigenvalue weighted by Gasteiger charge is -2.10. The van der Waals surface area contributed by atoms with Crippen LogP contribution in [0.3, 0.4) is 0 Å². The highest BCUT2D eigenvalue weighted by Crippen LogP contribution is 2.30. The molecule has 11 nitrogen and oxygen atoms in total. The number of aromatic nitrogens is 4. The monoisotopic (exact) mass is 1010 g/mol. The van der Waals surface area contributed by atoms with E-state index in [1.54, 1.807) is 50.4 Å². The van der Waals surface area contributed by atoms with Gasteiger partial charge in [0.25, 0.3) is 0 Å². The number of carboxylic acids is 1. The van der Waals surface area contributed by atoms with Gasteiger partial charge in [0.2, 0.25) is 5.78 Å². The van der Waals surface area contributed by atoms with Crippen molar-refractivity contribution in [2.24, 2.45) is 0 Å². The van der Waals surface area contributed by atoms with Crippen LogP contribution >= 0.6 is 23.2 Å². The molecule has 68 heavy (non-hydrogen) atoms. The van der Waals surface area contributed by atoms with Gasteiger partial charge in [0.1, 0.15) is 40.1 Å². The predicted octanol–water partition coefficient (Wildman–Crippen LogP) is 12.2. The zero-order chi connectivity index (χ0) is 48.6. The summed E-state index contributed by atoms with van der Waals surface area (Å²) in [6.07, 6.45) is 7.44. The SMILES string of the molecule is C.CCCS(=O)(=O)Cc1ccc(F)c(C(=O)O)c1F.CCCS(=O)(=O)Cc1ccc(F)c(C(=O)c2c[nH]c3ncc(-c4ccc(Cl)cc4)cc23)c1F.Clc1ccc(-c2cnc3[nH]ccc3c2)cc1. The minimum absolute atomic E-state index is 0. The quantitative estimate of drug-likeness (QED) is 0.0748. The minimum Gasteiger partial charge on any atom is -0.477 e. The van der Waals surface area contributed by atoms with E-state index in [4.69, 9.17) is 28.3 Å². The fourth-order valence-corrected chi connectivity index (χ4v) is 10.1. The number of carboxylic acid groups (broad SMARTS) is 1. The number of nitrogens with zero attached hydrogens (tertiary/aromatic N) is 2. The molecule has 356 valence electrons. The first-order valence-electron chi connectivity index (χ1n) is 20.4. The number of ketones is 1. The van der Waals surface area contributed by atoms with Crippen LogP contribution in [-0.4, -0.2) is 65.1 Å². The Kier molecular flexibility index (Phi) is 17.5. The summed E-state index contributed by atoms with van der Waals surface area (Å²) in [6, 6.07) is 24.3. The average molecular weight is 1010 g/mol. The number of nitrogens with one attached hydrogen (secondary N) is 2. The van der Waals surface area contributed by atoms with Crippen molar-refractivity contribution in [3.8, 4) is 22.3 Å². The van der Waals surface area contributed by atoms with Crippen LogP contribution in [-0.2, 0) is 31.2 Å². The molecule has 4 aromatic heterocycles. The van der Waals surface area contributed by atoms with Crippen LogP contribution in [0, 0.1) is 23.3 Å². The molecule has 3 N–H and O–H groups in total. The van der Waals surface area contributed by atoms with Gasteiger partial charge in [-0.3, -0.25) is 4.79 Å². The van der Waals surface area contributed by atoms with E-state index in [0.717, 1.165) is 57.0 Å². The van der Waals surface area contributed by atoms with E-state index in [2.05, 4.69) is 26.0 Å². The highest BCUT2D eigenvalue weighted by atomic mass is 35.5. The van der Waals surface area contributed by atoms with Gasteiger partial charge in [-0.2, -0.15) is 0 Å². The van der Waals surface area contributed by atoms with Crippen LogP contribution in [0.15, 0.2) is 116 Å². The summed E-state index contributed by atoms with van der Waals surface area (Å²) < 4.78 is 104. The second-order valence-electron chi connectivity index (χ2n) is 15.1. The number of carbonyl (C=O) groups excluding carboxylic acids is 1. The summed E-state index contributed by atoms with van der Waals surface area (Å²) >= 11 is 11.8. The van der Waals surface area contributed by atoms with Crippen molar-refractivity contribution >= 4 is 76.7 Å². The maximum Gasteiger partial charge on any atom is 0.341 e. The molecule has 0 aliphatic carbocycles. The lowest BCUT2D eigenvalue weighted by Crippen LogP contribution is -2.14. The van der Waals surface area contributed by atoms with Crippen LogP contribution in [0.25, 0.3) is 44.3 Å². The van der Waals surface area contributed by atoms with Crippen molar-refractivity contribution in [2.45, 2.75) is 45.6 Å². The van der Waals surface area contributed by atoms with Crippen LogP contribution in [0.5, 0.6) is 0 Å². The summed E-state index contributed by atoms with van der Waals surface area (Å²) in [4.78, 5) is 38.4. The Bertz CT molecular complexity index is 3330. The first-order valence-corrected chi connectivity index (χ1v) is 24.8. The number of aromatic amines is 2. The molecule has 4 heterocycles. The second kappa shape index (κ2) is 22.6. The summed E-state index contributed by atoms with van der Waals surface area (Å²) in [5.41, 5.74) is 2.54. The van der Waals surface area contributed by atoms with Gasteiger partial charge in [0, 0.05) is 73.4 Å². The van der Waals surface area contributed by atoms with Crippen molar-refractivity contribution in [3.05, 3.63) is 177 Å². The molecule has 19 heteroatoms. The zero-order valence-corrected chi connectivity index (χ0v) is 38.7. The van der Waals surface area contributed by atoms with Gasteiger partial charge in [-0.25, -0.2) is 49.2 Å². The highest BCUT2D eigenvalue weighted by molar-refractivity contribution is 7.90. The molecule has 4 aromatic carbocycles. The number of halogens is 6. The first kappa shape index (κ1) is 52.6. The third-order valence-corrected chi connectivity index (χ3v) is 14.2. The number of H-pyrrole nitrogens is 2. The van der Waals surface area contributed by atoms with Crippen molar-refractivity contribution in [1.29, 1.82) is 0 Å². The standard InChI is InChI=1S/C24H19ClF2N2O3S.C13H9ClN2.C11H12F2O4S.CH4/c1-2-9-33(31,32)13-15-5-8-20(26)21(22(15)27)23(30)19-12-29-24-18(19)10-16(11-28-24)14-3-6-17(25)7-4-14;14-12-3-1-9(2-4-12)11-7-10-5-6-15-13(10)16-8-11;1-2-5-18(16,17)6-7-3-4-8(12)9(10(7)13)11(14)15;/h3-8,10-12H,2,9,13H2,1H3,(H,28,29);1-8H,(H,15,16);3-4H,2,5-6H2,1H3,(H,14,15);1H4. The second-order valence-corrected chi connectivity index (χ2v) is 20.3. The molecule has 0 bridgehead atoms. The predicted molar refractivity (Wildman–Crippen MR) is 258 cm³/mol. The van der Waals surface area contributed by atoms with Crippen LogP contribution in [0.2, 0.25) is 10.0 Å². The highest BCUT2D eigenvalue weighted by Gasteiger charge is 2.27. The number of sulfone groups is 2. The summed E-state index contributed by atoms with van der Waals surface area (Å²) in [5.74, 6) is -8.96. The number of benzene rings is 4. The van der Waals surface area contributed by atoms with Gasteiger partial charge < -0.3 is 15.1 Å². The number of hydrogen-bond acceptors (Lipinski definition) is 8. The van der Waals surface area contributed by atoms with Gasteiger partial charge >= 0.3 is 5.97 Å². The third-order valence-electron chi connectivity index (χ3n) is 10.1. The Morgan fingerprint density at radius 2 is 1.09 bits per heavy atom. The Hall–Kier alpha value is -6.40. The van der Waals surface area contributed by atoms with Gasteiger partial charge in [-0.05, 0) is 78.6 Å². The summed E-state index contributed by atoms with van der Waals surface area (Å²) in [7, 11) is -7.11. The number of carbonyl (C=O) groups is 2. The maximum absolute atomic E-state index is 15.2. The molecular formula is C49H44Cl2F4N4O7S2. The first-order chi connectivity index (χ1) is 31.8. The Morgan fingerprint density at radius 1 is 0.618 bits per heavy atom. The molecule has 0 aliphatic heterocycles. The molecule has 0 fully saturated rings. The van der Waals surface area contributed by atoms with Crippen molar-refractivity contribution in [1.82, 2.24) is 19.9 Å². The Morgan fingerprint density at radius 3 is 1.59 bits per heavy atom. The van der Waals surface area contributed by atoms with Crippen molar-refractivity contribution in [3.63, 3.8) is 0 Å². The largest absolute Gasteiger partial charge is 0.477 e. The molecule has 8 aromatic rings. The lowest BCUT2D eigenvalue weighted by molar-refractivity contribution is 0.0685. The van der Waals surface area contributed by atoms with E-state index in [1.165, 1.54) is 6.20 Å². The van der Waals surface area contributed by atoms with E-state index in [1.807, 2.05) is 42.7 Å². The van der Waals surface area contributed by atoms with E-state index >= 15 is 4.39 Å². The van der Waals surface area contributed by atoms with Crippen LogP contribution in [0.4, 0.5) is 17.6 Å². The van der Waals surface area contributed by atoms with Gasteiger partial charge in [-0.1, -0.05) is 80.9 Å². The molecule has 0 atom stereocenters. The normalized spacial score (nSPS) is 11.3. The van der Waals surface area contributed by atoms with Gasteiger partial charge in [0.05, 0.1) is 28.6 Å². The van der Waals surface area contributed by atoms with Gasteiger partial charge in [0.15, 0.2) is 19.7 Å². The average Bonchev–Trinajstić information content (AvgIpc) is 3.94. The molecule has 0 spiro atoms. The smallest absolute Gasteiger partial charge is 0.341 e. The fraction of sp³-hybridized carbons (Fsp3) is 0.184. The topological polar surface area (TPSA) is 180 Å². The van der Waals surface area contributed by atoms with Crippen LogP contribution in [0.1, 0.15) is 71.5 Å². The number of pyridine rings is 2. The summed E-state index contributed by atoms with van der Waals surface area (Å²) in [5, 5.41) is 11.5. The fourth-order valence-electron chi connectivity index (χ4n) is 6.92. The van der Waals surface area contributed by atoms with E-state index < -0.39 is 77.3 Å². The molecule has 0 radical (unpaired) electrons. The Labute approximate surface area is 400 Å². The molecule has 0 amide bonds. The minimum atomic E-state index is -3.59.